The third-order valence-electron chi connectivity index (χ3n) is 7.11. The summed E-state index contributed by atoms with van der Waals surface area (Å²) in [6.45, 7) is 7.41. The van der Waals surface area contributed by atoms with Gasteiger partial charge in [-0.1, -0.05) is 35.2 Å². The molecular formula is C28H28FN3O5S2. The fourth-order valence-electron chi connectivity index (χ4n) is 5.28. The van der Waals surface area contributed by atoms with Gasteiger partial charge in [0.25, 0.3) is 0 Å². The molecule has 1 saturated heterocycles. The number of carbonyl (C=O) groups excluding carboxylic acids is 3. The molecule has 2 amide bonds. The molecule has 8 nitrogen and oxygen atoms in total. The van der Waals surface area contributed by atoms with E-state index in [-0.39, 0.29) is 18.0 Å². The van der Waals surface area contributed by atoms with Gasteiger partial charge >= 0.3 is 10.8 Å². The molecule has 2 aliphatic heterocycles. The van der Waals surface area contributed by atoms with Gasteiger partial charge in [0.05, 0.1) is 23.2 Å². The maximum absolute atomic E-state index is 13.9. The topological polar surface area (TPSA) is 88.9 Å². The predicted octanol–water partition coefficient (Wildman–Crippen LogP) is 4.25. The van der Waals surface area contributed by atoms with Crippen LogP contribution in [0.5, 0.6) is 0 Å². The smallest absolute Gasteiger partial charge is 0.326 e. The molecule has 3 heterocycles. The first-order chi connectivity index (χ1) is 18.8. The van der Waals surface area contributed by atoms with Crippen LogP contribution in [-0.4, -0.2) is 47.3 Å². The summed E-state index contributed by atoms with van der Waals surface area (Å²) in [6.07, 6.45) is 0. The largest absolute Gasteiger partial charge is 0.465 e. The van der Waals surface area contributed by atoms with Crippen LogP contribution in [-0.2, 0) is 25.7 Å². The van der Waals surface area contributed by atoms with Gasteiger partial charge in [-0.05, 0) is 62.7 Å². The normalized spacial score (nSPS) is 20.1. The van der Waals surface area contributed by atoms with Gasteiger partial charge in [0, 0.05) is 29.6 Å². The number of amides is 2. The quantitative estimate of drug-likeness (QED) is 0.296. The molecule has 3 aromatic rings. The summed E-state index contributed by atoms with van der Waals surface area (Å²) in [5, 5.41) is -0.316. The number of rotatable bonds is 8. The van der Waals surface area contributed by atoms with Crippen LogP contribution < -0.4 is 14.7 Å². The molecule has 39 heavy (non-hydrogen) atoms. The van der Waals surface area contributed by atoms with Crippen molar-refractivity contribution >= 4 is 52.3 Å². The number of thioether (sulfide) groups is 1. The Kier molecular flexibility index (Phi) is 7.64. The van der Waals surface area contributed by atoms with E-state index in [0.717, 1.165) is 52.3 Å². The lowest BCUT2D eigenvalue weighted by atomic mass is 9.83. The van der Waals surface area contributed by atoms with Gasteiger partial charge < -0.3 is 9.64 Å². The Morgan fingerprint density at radius 1 is 0.974 bits per heavy atom. The van der Waals surface area contributed by atoms with Crippen molar-refractivity contribution in [2.24, 2.45) is 5.92 Å². The van der Waals surface area contributed by atoms with E-state index >= 15 is 0 Å². The molecule has 0 bridgehead atoms. The Labute approximate surface area is 233 Å². The highest BCUT2D eigenvalue weighted by molar-refractivity contribution is 8.00. The Morgan fingerprint density at radius 2 is 1.64 bits per heavy atom. The van der Waals surface area contributed by atoms with E-state index < -0.39 is 40.7 Å². The number of aromatic nitrogens is 1. The summed E-state index contributed by atoms with van der Waals surface area (Å²) in [5.41, 5.74) is 2.12. The van der Waals surface area contributed by atoms with Crippen LogP contribution in [0.2, 0.25) is 0 Å². The summed E-state index contributed by atoms with van der Waals surface area (Å²) in [7, 11) is 0. The molecule has 0 spiro atoms. The van der Waals surface area contributed by atoms with Crippen LogP contribution in [0.3, 0.4) is 0 Å². The first kappa shape index (κ1) is 27.1. The van der Waals surface area contributed by atoms with Gasteiger partial charge in [0.2, 0.25) is 11.8 Å². The van der Waals surface area contributed by atoms with E-state index in [1.807, 2.05) is 24.3 Å². The van der Waals surface area contributed by atoms with Crippen molar-refractivity contribution in [3.05, 3.63) is 74.5 Å². The first-order valence-electron chi connectivity index (χ1n) is 12.8. The highest BCUT2D eigenvalue weighted by atomic mass is 32.2. The standard InChI is InChI=1S/C28H28FN3O5S2/c1-4-30(5-2)18-11-7-16(8-12-18)21-22-23(26(35)32(25(22)34)19-13-9-17(29)10-14-19)38-27-24(21)39-28(36)31(27)15-20(33)37-6-3/h7-14,21-23H,4-6,15H2,1-3H3. The highest BCUT2D eigenvalue weighted by Crippen LogP contribution is 2.54. The number of imide groups is 1. The van der Waals surface area contributed by atoms with Crippen LogP contribution in [0.1, 0.15) is 37.1 Å². The first-order valence-corrected chi connectivity index (χ1v) is 14.5. The predicted molar refractivity (Wildman–Crippen MR) is 149 cm³/mol. The molecule has 0 radical (unpaired) electrons. The highest BCUT2D eigenvalue weighted by Gasteiger charge is 2.56. The lowest BCUT2D eigenvalue weighted by molar-refractivity contribution is -0.144. The van der Waals surface area contributed by atoms with Gasteiger partial charge in [-0.3, -0.25) is 23.7 Å². The summed E-state index contributed by atoms with van der Waals surface area (Å²) >= 11 is 2.12. The maximum atomic E-state index is 13.9. The van der Waals surface area contributed by atoms with Crippen LogP contribution in [0, 0.1) is 11.7 Å². The Hall–Kier alpha value is -3.44. The van der Waals surface area contributed by atoms with E-state index in [1.54, 1.807) is 6.92 Å². The molecule has 1 fully saturated rings. The average molecular weight is 570 g/mol. The van der Waals surface area contributed by atoms with Crippen molar-refractivity contribution in [3.8, 4) is 0 Å². The Bertz CT molecular complexity index is 1460. The lowest BCUT2D eigenvalue weighted by Gasteiger charge is -2.31. The second-order valence-electron chi connectivity index (χ2n) is 9.22. The molecule has 5 rings (SSSR count). The van der Waals surface area contributed by atoms with Gasteiger partial charge in [-0.25, -0.2) is 9.29 Å². The van der Waals surface area contributed by atoms with Crippen molar-refractivity contribution in [3.63, 3.8) is 0 Å². The zero-order chi connectivity index (χ0) is 27.8. The second-order valence-corrected chi connectivity index (χ2v) is 11.3. The van der Waals surface area contributed by atoms with E-state index in [2.05, 4.69) is 18.7 Å². The van der Waals surface area contributed by atoms with Gasteiger partial charge in [0.1, 0.15) is 17.6 Å². The molecular weight excluding hydrogens is 541 g/mol. The molecule has 3 unspecified atom stereocenters. The monoisotopic (exact) mass is 569 g/mol. The minimum absolute atomic E-state index is 0.179. The molecule has 0 N–H and O–H groups in total. The Balaban J connectivity index is 1.62. The van der Waals surface area contributed by atoms with Gasteiger partial charge in [-0.15, -0.1) is 0 Å². The third-order valence-corrected chi connectivity index (χ3v) is 9.71. The van der Waals surface area contributed by atoms with Crippen molar-refractivity contribution < 1.29 is 23.5 Å². The fourth-order valence-corrected chi connectivity index (χ4v) is 8.05. The van der Waals surface area contributed by atoms with Crippen LogP contribution in [0.25, 0.3) is 0 Å². The molecule has 0 aliphatic carbocycles. The van der Waals surface area contributed by atoms with Crippen molar-refractivity contribution in [2.75, 3.05) is 29.5 Å². The number of benzene rings is 2. The minimum atomic E-state index is -0.815. The molecule has 3 atom stereocenters. The molecule has 204 valence electrons. The van der Waals surface area contributed by atoms with E-state index in [1.165, 1.54) is 28.8 Å². The summed E-state index contributed by atoms with van der Waals surface area (Å²) in [4.78, 5) is 56.6. The number of hydrogen-bond donors (Lipinski definition) is 0. The fraction of sp³-hybridized carbons (Fsp3) is 0.357. The zero-order valence-corrected chi connectivity index (χ0v) is 23.4. The van der Waals surface area contributed by atoms with Gasteiger partial charge in [-0.2, -0.15) is 0 Å². The number of halogens is 1. The summed E-state index contributed by atoms with van der Waals surface area (Å²) in [6, 6.07) is 13.1. The van der Waals surface area contributed by atoms with Crippen LogP contribution in [0.15, 0.2) is 58.4 Å². The molecule has 11 heteroatoms. The average Bonchev–Trinajstić information content (AvgIpc) is 3.37. The number of fused-ring (bicyclic) bond motifs is 2. The SMILES string of the molecule is CCOC(=O)Cn1c2c(sc1=O)C(c1ccc(N(CC)CC)cc1)C1C(=O)N(c3ccc(F)cc3)C(=O)C1S2. The lowest BCUT2D eigenvalue weighted by Crippen LogP contribution is -2.32. The Morgan fingerprint density at radius 3 is 2.26 bits per heavy atom. The molecule has 2 aromatic carbocycles. The van der Waals surface area contributed by atoms with E-state index in [0.29, 0.717) is 15.6 Å². The number of ether oxygens (including phenoxy) is 1. The van der Waals surface area contributed by atoms with E-state index in [9.17, 15) is 23.6 Å². The van der Waals surface area contributed by atoms with Crippen molar-refractivity contribution in [1.29, 1.82) is 0 Å². The van der Waals surface area contributed by atoms with Crippen molar-refractivity contribution in [2.45, 2.75) is 43.5 Å². The third kappa shape index (κ3) is 4.78. The molecule has 2 aliphatic rings. The van der Waals surface area contributed by atoms with E-state index in [4.69, 9.17) is 4.74 Å². The number of thiazole rings is 1. The number of esters is 1. The maximum Gasteiger partial charge on any atom is 0.326 e. The number of nitrogens with zero attached hydrogens (tertiary/aromatic N) is 3. The zero-order valence-electron chi connectivity index (χ0n) is 21.8. The number of hydrogen-bond acceptors (Lipinski definition) is 8. The number of carbonyl (C=O) groups is 3. The molecule has 1 aromatic heterocycles. The molecule has 0 saturated carbocycles. The van der Waals surface area contributed by atoms with Crippen LogP contribution >= 0.6 is 23.1 Å². The second kappa shape index (κ2) is 11.0. The van der Waals surface area contributed by atoms with Gasteiger partial charge in [0.15, 0.2) is 0 Å². The van der Waals surface area contributed by atoms with Crippen LogP contribution in [0.4, 0.5) is 15.8 Å². The summed E-state index contributed by atoms with van der Waals surface area (Å²) in [5.74, 6) is -3.19. The van der Waals surface area contributed by atoms with Crippen molar-refractivity contribution in [1.82, 2.24) is 4.57 Å². The summed E-state index contributed by atoms with van der Waals surface area (Å²) < 4.78 is 20.0. The number of anilines is 2. The minimum Gasteiger partial charge on any atom is -0.465 e.